The second-order valence-corrected chi connectivity index (χ2v) is 9.60. The second-order valence-electron chi connectivity index (χ2n) is 5.70. The van der Waals surface area contributed by atoms with Gasteiger partial charge in [0.1, 0.15) is 8.07 Å². The van der Waals surface area contributed by atoms with Crippen LogP contribution in [-0.4, -0.2) is 8.07 Å². The Kier molecular flexibility index (Phi) is 13.1. The molecular formula is C20H21Cl3SiTi. The molecular weight excluding hydrogens is 423 g/mol. The Hall–Kier alpha value is -0.279. The summed E-state index contributed by atoms with van der Waals surface area (Å²) in [7, 11) is -1.92. The third-order valence-corrected chi connectivity index (χ3v) is 9.01. The van der Waals surface area contributed by atoms with Gasteiger partial charge in [-0.3, -0.25) is 6.08 Å². The fourth-order valence-corrected chi connectivity index (χ4v) is 7.31. The van der Waals surface area contributed by atoms with Gasteiger partial charge >= 0.3 is 21.7 Å². The molecule has 0 nitrogen and oxygen atoms in total. The molecule has 0 radical (unpaired) electrons. The van der Waals surface area contributed by atoms with Crippen molar-refractivity contribution in [1.29, 1.82) is 0 Å². The van der Waals surface area contributed by atoms with Crippen LogP contribution in [0.15, 0.2) is 77.5 Å². The van der Waals surface area contributed by atoms with Crippen LogP contribution in [0.25, 0.3) is 0 Å². The zero-order chi connectivity index (χ0) is 14.7. The third kappa shape index (κ3) is 5.35. The topological polar surface area (TPSA) is 0 Å². The van der Waals surface area contributed by atoms with Crippen molar-refractivity contribution in [3.8, 4) is 0 Å². The van der Waals surface area contributed by atoms with E-state index in [2.05, 4.69) is 86.3 Å². The molecule has 5 heteroatoms. The van der Waals surface area contributed by atoms with E-state index in [9.17, 15) is 0 Å². The van der Waals surface area contributed by atoms with Gasteiger partial charge in [0.15, 0.2) is 0 Å². The number of hydrogen-bond acceptors (Lipinski definition) is 0. The minimum absolute atomic E-state index is 0. The fraction of sp³-hybridized carbons (Fsp3) is 0.200. The molecule has 0 fully saturated rings. The Balaban J connectivity index is 0. The van der Waals surface area contributed by atoms with E-state index in [1.165, 1.54) is 21.1 Å². The first-order chi connectivity index (χ1) is 10.3. The molecule has 0 N–H and O–H groups in total. The van der Waals surface area contributed by atoms with Crippen LogP contribution in [-0.2, 0) is 21.7 Å². The van der Waals surface area contributed by atoms with E-state index in [1.54, 1.807) is 0 Å². The van der Waals surface area contributed by atoms with Gasteiger partial charge in [0.2, 0.25) is 0 Å². The predicted octanol–water partition coefficient (Wildman–Crippen LogP) is -5.10. The van der Waals surface area contributed by atoms with Gasteiger partial charge in [0.25, 0.3) is 0 Å². The van der Waals surface area contributed by atoms with Crippen LogP contribution in [0.5, 0.6) is 0 Å². The van der Waals surface area contributed by atoms with Crippen molar-refractivity contribution in [2.75, 3.05) is 0 Å². The summed E-state index contributed by atoms with van der Waals surface area (Å²) < 4.78 is 0. The maximum Gasteiger partial charge on any atom is 4.00 e. The molecule has 25 heavy (non-hydrogen) atoms. The largest absolute Gasteiger partial charge is 4.00 e. The summed E-state index contributed by atoms with van der Waals surface area (Å²) in [4.78, 5) is 0. The smallest absolute Gasteiger partial charge is 1.00 e. The molecule has 2 aromatic carbocycles. The zero-order valence-corrected chi connectivity index (χ0v) is 19.2. The Morgan fingerprint density at radius 2 is 1.28 bits per heavy atom. The first-order valence-electron chi connectivity index (χ1n) is 7.68. The van der Waals surface area contributed by atoms with Gasteiger partial charge < -0.3 is 37.2 Å². The molecule has 0 unspecified atom stereocenters. The molecule has 0 saturated carbocycles. The SMILES string of the molecule is CCC1=CC[C-]=C1[Si](C)(c1ccccc1)c1ccccc1.[Cl-].[Cl-].[Cl-].[Ti+4]. The average Bonchev–Trinajstić information content (AvgIpc) is 3.05. The number of halogens is 3. The summed E-state index contributed by atoms with van der Waals surface area (Å²) in [5, 5.41) is 4.43. The van der Waals surface area contributed by atoms with Crippen LogP contribution in [0.1, 0.15) is 19.8 Å². The van der Waals surface area contributed by atoms with Crippen LogP contribution < -0.4 is 47.6 Å². The standard InChI is InChI=1S/C20H21Si.3ClH.Ti/c1-3-17-11-10-16-20(17)21(2,18-12-6-4-7-13-18)19-14-8-5-9-15-19;;;;/h4-9,11-15H,3,10H2,1-2H3;3*1H;/q-1;;;;+4/p-3. The van der Waals surface area contributed by atoms with Crippen LogP contribution in [0.3, 0.4) is 0 Å². The van der Waals surface area contributed by atoms with Gasteiger partial charge in [-0.1, -0.05) is 90.9 Å². The summed E-state index contributed by atoms with van der Waals surface area (Å²) in [5.41, 5.74) is 1.50. The molecule has 130 valence electrons. The molecule has 0 amide bonds. The molecule has 0 spiro atoms. The van der Waals surface area contributed by atoms with E-state index < -0.39 is 8.07 Å². The number of rotatable bonds is 4. The minimum atomic E-state index is -1.92. The van der Waals surface area contributed by atoms with E-state index in [4.69, 9.17) is 0 Å². The Morgan fingerprint density at radius 3 is 1.68 bits per heavy atom. The molecule has 2 aromatic rings. The van der Waals surface area contributed by atoms with Gasteiger partial charge in [-0.05, 0) is 0 Å². The molecule has 3 rings (SSSR count). The van der Waals surface area contributed by atoms with Gasteiger partial charge in [-0.25, -0.2) is 10.8 Å². The van der Waals surface area contributed by atoms with Gasteiger partial charge in [-0.2, -0.15) is 6.08 Å². The van der Waals surface area contributed by atoms with Crippen LogP contribution >= 0.6 is 0 Å². The molecule has 0 bridgehead atoms. The molecule has 0 saturated heterocycles. The summed E-state index contributed by atoms with van der Waals surface area (Å²) >= 11 is 0. The number of benzene rings is 2. The maximum atomic E-state index is 3.68. The van der Waals surface area contributed by atoms with E-state index >= 15 is 0 Å². The Bertz CT molecular complexity index is 645. The van der Waals surface area contributed by atoms with Gasteiger partial charge in [0, 0.05) is 0 Å². The molecule has 0 aromatic heterocycles. The van der Waals surface area contributed by atoms with Crippen molar-refractivity contribution in [2.24, 2.45) is 0 Å². The van der Waals surface area contributed by atoms with E-state index in [0.29, 0.717) is 0 Å². The minimum Gasteiger partial charge on any atom is -1.00 e. The first kappa shape index (κ1) is 26.9. The van der Waals surface area contributed by atoms with Crippen molar-refractivity contribution in [1.82, 2.24) is 0 Å². The average molecular weight is 444 g/mol. The molecule has 0 heterocycles. The summed E-state index contributed by atoms with van der Waals surface area (Å²) in [5.74, 6) is 0. The van der Waals surface area contributed by atoms with Gasteiger partial charge in [-0.15, -0.1) is 6.42 Å². The summed E-state index contributed by atoms with van der Waals surface area (Å²) in [6.45, 7) is 4.72. The Morgan fingerprint density at radius 1 is 0.840 bits per heavy atom. The van der Waals surface area contributed by atoms with Crippen molar-refractivity contribution in [2.45, 2.75) is 26.3 Å². The van der Waals surface area contributed by atoms with Crippen molar-refractivity contribution < 1.29 is 58.9 Å². The van der Waals surface area contributed by atoms with E-state index in [-0.39, 0.29) is 58.9 Å². The van der Waals surface area contributed by atoms with Crippen molar-refractivity contribution >= 4 is 18.4 Å². The van der Waals surface area contributed by atoms with Crippen LogP contribution in [0.2, 0.25) is 6.55 Å². The predicted molar refractivity (Wildman–Crippen MR) is 93.5 cm³/mol. The second kappa shape index (κ2) is 12.2. The van der Waals surface area contributed by atoms with E-state index in [1.807, 2.05) is 0 Å². The first-order valence-corrected chi connectivity index (χ1v) is 10.2. The normalized spacial score (nSPS) is 12.4. The molecule has 1 aliphatic rings. The van der Waals surface area contributed by atoms with Gasteiger partial charge in [0.05, 0.1) is 0 Å². The third-order valence-electron chi connectivity index (χ3n) is 4.53. The van der Waals surface area contributed by atoms with Crippen molar-refractivity contribution in [3.63, 3.8) is 0 Å². The number of hydrogen-bond donors (Lipinski definition) is 0. The number of allylic oxidation sites excluding steroid dienone is 4. The molecule has 0 atom stereocenters. The maximum absolute atomic E-state index is 3.68. The van der Waals surface area contributed by atoms with E-state index in [0.717, 1.165) is 12.8 Å². The monoisotopic (exact) mass is 442 g/mol. The zero-order valence-electron chi connectivity index (χ0n) is 14.4. The fourth-order valence-electron chi connectivity index (χ4n) is 3.31. The van der Waals surface area contributed by atoms with Crippen LogP contribution in [0.4, 0.5) is 0 Å². The summed E-state index contributed by atoms with van der Waals surface area (Å²) in [6.07, 6.45) is 8.11. The Labute approximate surface area is 186 Å². The summed E-state index contributed by atoms with van der Waals surface area (Å²) in [6, 6.07) is 22.0. The van der Waals surface area contributed by atoms with Crippen LogP contribution in [0, 0.1) is 6.08 Å². The van der Waals surface area contributed by atoms with Crippen molar-refractivity contribution in [3.05, 3.63) is 83.6 Å². The molecule has 1 aliphatic carbocycles. The molecule has 0 aliphatic heterocycles. The quantitative estimate of drug-likeness (QED) is 0.328.